The van der Waals surface area contributed by atoms with Gasteiger partial charge in [-0.1, -0.05) is 35.9 Å². The van der Waals surface area contributed by atoms with Gasteiger partial charge in [-0.25, -0.2) is 4.39 Å². The second kappa shape index (κ2) is 8.21. The highest BCUT2D eigenvalue weighted by Crippen LogP contribution is 2.08. The number of nitrogens with zero attached hydrogens (tertiary/aromatic N) is 1. The molecule has 6 heteroatoms. The summed E-state index contributed by atoms with van der Waals surface area (Å²) < 4.78 is 13.6. The minimum Gasteiger partial charge on any atom is -0.293 e. The lowest BCUT2D eigenvalue weighted by Gasteiger charge is -2.17. The number of amides is 2. The molecule has 0 atom stereocenters. The van der Waals surface area contributed by atoms with Gasteiger partial charge in [0.2, 0.25) is 0 Å². The monoisotopic (exact) mass is 329 g/mol. The molecule has 2 aromatic carbocycles. The third-order valence-corrected chi connectivity index (χ3v) is 3.44. The highest BCUT2D eigenvalue weighted by molar-refractivity contribution is 5.95. The van der Waals surface area contributed by atoms with Crippen molar-refractivity contribution in [3.05, 3.63) is 71.0 Å². The first kappa shape index (κ1) is 17.6. The van der Waals surface area contributed by atoms with E-state index in [0.29, 0.717) is 17.7 Å². The second-order valence-electron chi connectivity index (χ2n) is 5.63. The van der Waals surface area contributed by atoms with Crippen molar-refractivity contribution < 1.29 is 14.0 Å². The fraction of sp³-hybridized carbons (Fsp3) is 0.222. The Bertz CT molecular complexity index is 716. The first-order valence-corrected chi connectivity index (χ1v) is 7.53. The van der Waals surface area contributed by atoms with E-state index >= 15 is 0 Å². The topological polar surface area (TPSA) is 61.4 Å². The number of nitrogens with one attached hydrogen (secondary N) is 2. The maximum atomic E-state index is 13.6. The smallest absolute Gasteiger partial charge is 0.269 e. The van der Waals surface area contributed by atoms with Crippen LogP contribution in [-0.2, 0) is 11.3 Å². The number of carbonyl (C=O) groups is 2. The van der Waals surface area contributed by atoms with Gasteiger partial charge >= 0.3 is 0 Å². The van der Waals surface area contributed by atoms with Crippen molar-refractivity contribution in [3.8, 4) is 0 Å². The van der Waals surface area contributed by atoms with Crippen molar-refractivity contribution in [2.24, 2.45) is 0 Å². The molecule has 0 aliphatic carbocycles. The molecule has 2 rings (SSSR count). The summed E-state index contributed by atoms with van der Waals surface area (Å²) in [6.45, 7) is 2.25. The SMILES string of the molecule is Cc1ccc(C(=O)NNC(=O)CN(C)Cc2ccccc2F)cc1. The Morgan fingerprint density at radius 2 is 1.71 bits per heavy atom. The molecule has 2 N–H and O–H groups in total. The zero-order chi connectivity index (χ0) is 17.5. The Balaban J connectivity index is 1.79. The lowest BCUT2D eigenvalue weighted by atomic mass is 10.1. The van der Waals surface area contributed by atoms with E-state index in [1.54, 1.807) is 42.3 Å². The highest BCUT2D eigenvalue weighted by Gasteiger charge is 2.11. The molecule has 0 fully saturated rings. The van der Waals surface area contributed by atoms with Crippen LogP contribution in [0.5, 0.6) is 0 Å². The lowest BCUT2D eigenvalue weighted by molar-refractivity contribution is -0.122. The van der Waals surface area contributed by atoms with Crippen LogP contribution in [0.4, 0.5) is 4.39 Å². The summed E-state index contributed by atoms with van der Waals surface area (Å²) in [6, 6.07) is 13.4. The Morgan fingerprint density at radius 3 is 2.38 bits per heavy atom. The summed E-state index contributed by atoms with van der Waals surface area (Å²) >= 11 is 0. The Labute approximate surface area is 140 Å². The summed E-state index contributed by atoms with van der Waals surface area (Å²) in [5.41, 5.74) is 6.73. The average Bonchev–Trinajstić information content (AvgIpc) is 2.55. The van der Waals surface area contributed by atoms with Gasteiger partial charge in [0.1, 0.15) is 5.82 Å². The molecule has 0 saturated carbocycles. The van der Waals surface area contributed by atoms with Gasteiger partial charge in [-0.05, 0) is 32.2 Å². The fourth-order valence-corrected chi connectivity index (χ4v) is 2.16. The number of rotatable bonds is 5. The van der Waals surface area contributed by atoms with E-state index in [1.807, 2.05) is 19.1 Å². The minimum atomic E-state index is -0.389. The average molecular weight is 329 g/mol. The van der Waals surface area contributed by atoms with E-state index in [9.17, 15) is 14.0 Å². The van der Waals surface area contributed by atoms with Crippen LogP contribution in [0, 0.1) is 12.7 Å². The molecule has 2 amide bonds. The number of hydrogen-bond acceptors (Lipinski definition) is 3. The summed E-state index contributed by atoms with van der Waals surface area (Å²) in [7, 11) is 1.70. The van der Waals surface area contributed by atoms with Gasteiger partial charge in [0, 0.05) is 17.7 Å². The third kappa shape index (κ3) is 5.17. The van der Waals surface area contributed by atoms with Gasteiger partial charge in [0.15, 0.2) is 0 Å². The fourth-order valence-electron chi connectivity index (χ4n) is 2.16. The van der Waals surface area contributed by atoms with Gasteiger partial charge in [-0.15, -0.1) is 0 Å². The van der Waals surface area contributed by atoms with E-state index in [-0.39, 0.29) is 24.2 Å². The van der Waals surface area contributed by atoms with Crippen LogP contribution in [0.15, 0.2) is 48.5 Å². The Kier molecular flexibility index (Phi) is 6.03. The summed E-state index contributed by atoms with van der Waals surface area (Å²) in [5.74, 6) is -1.08. The maximum absolute atomic E-state index is 13.6. The zero-order valence-corrected chi connectivity index (χ0v) is 13.7. The number of halogens is 1. The standard InChI is InChI=1S/C18H20FN3O2/c1-13-7-9-14(10-8-13)18(24)21-20-17(23)12-22(2)11-15-5-3-4-6-16(15)19/h3-10H,11-12H2,1-2H3,(H,20,23)(H,21,24). The molecule has 5 nitrogen and oxygen atoms in total. The van der Waals surface area contributed by atoms with Crippen molar-refractivity contribution >= 4 is 11.8 Å². The van der Waals surface area contributed by atoms with Crippen LogP contribution in [0.1, 0.15) is 21.5 Å². The molecule has 2 aromatic rings. The van der Waals surface area contributed by atoms with Crippen LogP contribution >= 0.6 is 0 Å². The minimum absolute atomic E-state index is 0.0303. The zero-order valence-electron chi connectivity index (χ0n) is 13.7. The quantitative estimate of drug-likeness (QED) is 0.825. The molecular weight excluding hydrogens is 309 g/mol. The summed E-state index contributed by atoms with van der Waals surface area (Å²) in [6.07, 6.45) is 0. The molecule has 0 saturated heterocycles. The van der Waals surface area contributed by atoms with Crippen LogP contribution in [-0.4, -0.2) is 30.3 Å². The molecule has 0 radical (unpaired) electrons. The van der Waals surface area contributed by atoms with Gasteiger partial charge < -0.3 is 0 Å². The molecule has 0 aromatic heterocycles. The Hall–Kier alpha value is -2.73. The molecule has 0 aliphatic rings. The number of likely N-dealkylation sites (N-methyl/N-ethyl adjacent to an activating group) is 1. The first-order chi connectivity index (χ1) is 11.5. The van der Waals surface area contributed by atoms with Gasteiger partial charge in [0.05, 0.1) is 6.54 Å². The number of benzene rings is 2. The molecule has 24 heavy (non-hydrogen) atoms. The summed E-state index contributed by atoms with van der Waals surface area (Å²) in [5, 5.41) is 0. The van der Waals surface area contributed by atoms with Crippen molar-refractivity contribution in [1.29, 1.82) is 0 Å². The van der Waals surface area contributed by atoms with Crippen molar-refractivity contribution in [2.45, 2.75) is 13.5 Å². The first-order valence-electron chi connectivity index (χ1n) is 7.53. The summed E-state index contributed by atoms with van der Waals surface area (Å²) in [4.78, 5) is 25.4. The van der Waals surface area contributed by atoms with E-state index in [1.165, 1.54) is 6.07 Å². The van der Waals surface area contributed by atoms with Crippen LogP contribution < -0.4 is 10.9 Å². The van der Waals surface area contributed by atoms with E-state index in [4.69, 9.17) is 0 Å². The van der Waals surface area contributed by atoms with E-state index in [2.05, 4.69) is 10.9 Å². The van der Waals surface area contributed by atoms with Gasteiger partial charge in [-0.2, -0.15) is 0 Å². The number of hydrogen-bond donors (Lipinski definition) is 2. The lowest BCUT2D eigenvalue weighted by Crippen LogP contribution is -2.45. The molecule has 0 unspecified atom stereocenters. The van der Waals surface area contributed by atoms with Gasteiger partial charge in [0.25, 0.3) is 11.8 Å². The Morgan fingerprint density at radius 1 is 1.04 bits per heavy atom. The normalized spacial score (nSPS) is 10.5. The molecule has 0 bridgehead atoms. The van der Waals surface area contributed by atoms with E-state index in [0.717, 1.165) is 5.56 Å². The maximum Gasteiger partial charge on any atom is 0.269 e. The van der Waals surface area contributed by atoms with Crippen LogP contribution in [0.2, 0.25) is 0 Å². The van der Waals surface area contributed by atoms with Crippen LogP contribution in [0.25, 0.3) is 0 Å². The highest BCUT2D eigenvalue weighted by atomic mass is 19.1. The largest absolute Gasteiger partial charge is 0.293 e. The second-order valence-corrected chi connectivity index (χ2v) is 5.63. The molecular formula is C18H20FN3O2. The van der Waals surface area contributed by atoms with Crippen molar-refractivity contribution in [3.63, 3.8) is 0 Å². The van der Waals surface area contributed by atoms with Gasteiger partial charge in [-0.3, -0.25) is 25.3 Å². The number of carbonyl (C=O) groups excluding carboxylic acids is 2. The predicted octanol–water partition coefficient (Wildman–Crippen LogP) is 2.03. The molecule has 126 valence electrons. The van der Waals surface area contributed by atoms with Crippen LogP contribution in [0.3, 0.4) is 0 Å². The molecule has 0 aliphatic heterocycles. The van der Waals surface area contributed by atoms with Crippen molar-refractivity contribution in [1.82, 2.24) is 15.8 Å². The molecule has 0 heterocycles. The predicted molar refractivity (Wildman–Crippen MR) is 89.5 cm³/mol. The van der Waals surface area contributed by atoms with Crippen molar-refractivity contribution in [2.75, 3.05) is 13.6 Å². The number of aryl methyl sites for hydroxylation is 1. The van der Waals surface area contributed by atoms with E-state index < -0.39 is 0 Å². The number of hydrazine groups is 1. The molecule has 0 spiro atoms. The third-order valence-electron chi connectivity index (χ3n) is 3.44.